The van der Waals surface area contributed by atoms with Crippen LogP contribution in [0.1, 0.15) is 5.69 Å². The number of nitrogens with two attached hydrogens (primary N) is 1. The Bertz CT molecular complexity index is 845. The van der Waals surface area contributed by atoms with Crippen molar-refractivity contribution in [2.75, 3.05) is 33.1 Å². The fourth-order valence-corrected chi connectivity index (χ4v) is 2.24. The van der Waals surface area contributed by atoms with Gasteiger partial charge in [-0.15, -0.1) is 5.10 Å². The molecule has 12 heteroatoms. The van der Waals surface area contributed by atoms with E-state index >= 15 is 0 Å². The van der Waals surface area contributed by atoms with Crippen molar-refractivity contribution in [3.63, 3.8) is 0 Å². The smallest absolute Gasteiger partial charge is 0.375 e. The van der Waals surface area contributed by atoms with Gasteiger partial charge in [0, 0.05) is 5.69 Å². The number of nitrogens with zero attached hydrogens (tertiary/aromatic N) is 4. The number of amides is 2. The molecule has 4 N–H and O–H groups in total. The predicted molar refractivity (Wildman–Crippen MR) is 101 cm³/mol. The van der Waals surface area contributed by atoms with E-state index < -0.39 is 6.23 Å². The summed E-state index contributed by atoms with van der Waals surface area (Å²) in [7, 11) is 5.05. The van der Waals surface area contributed by atoms with E-state index in [-0.39, 0.29) is 35.9 Å². The molecule has 0 spiro atoms. The summed E-state index contributed by atoms with van der Waals surface area (Å²) in [6.45, 7) is 0.169. The number of carbonyl (C=O) groups is 3. The van der Waals surface area contributed by atoms with E-state index in [9.17, 15) is 14.4 Å². The predicted octanol–water partition coefficient (Wildman–Crippen LogP) is -1.08. The zero-order valence-corrected chi connectivity index (χ0v) is 16.4. The zero-order valence-electron chi connectivity index (χ0n) is 16.4. The Hall–Kier alpha value is -3.35. The summed E-state index contributed by atoms with van der Waals surface area (Å²) >= 11 is 0. The first-order valence-electron chi connectivity index (χ1n) is 8.56. The number of quaternary nitrogens is 1. The lowest BCUT2D eigenvalue weighted by atomic mass is 10.2. The summed E-state index contributed by atoms with van der Waals surface area (Å²) < 4.78 is 6.39. The number of hydrogen-bond donors (Lipinski definition) is 3. The summed E-state index contributed by atoms with van der Waals surface area (Å²) in [4.78, 5) is 38.7. The molecular weight excluding hydrogens is 382 g/mol. The van der Waals surface area contributed by atoms with Crippen molar-refractivity contribution in [1.29, 1.82) is 0 Å². The van der Waals surface area contributed by atoms with E-state index in [4.69, 9.17) is 10.6 Å². The van der Waals surface area contributed by atoms with Gasteiger partial charge in [-0.3, -0.25) is 18.9 Å². The summed E-state index contributed by atoms with van der Waals surface area (Å²) in [5.41, 5.74) is 1.83. The zero-order chi connectivity index (χ0) is 21.4. The van der Waals surface area contributed by atoms with Gasteiger partial charge < -0.3 is 15.4 Å². The number of rotatable bonds is 10. The standard InChI is InChI=1S/C17H23N7O5/c1-24(2,3)17(27)16(28-11-25)20-12-4-6-14(7-5-12)23-9-13(21-22-23)8-19-15(26)10-29-18/h4-7,9,11,16,20H,8,10,18H2,1-3H3/p+1. The van der Waals surface area contributed by atoms with Gasteiger partial charge in [-0.1, -0.05) is 5.21 Å². The van der Waals surface area contributed by atoms with Crippen LogP contribution in [0.15, 0.2) is 30.5 Å². The molecular formula is C17H24N7O5+. The van der Waals surface area contributed by atoms with Crippen LogP contribution in [-0.2, 0) is 30.5 Å². The van der Waals surface area contributed by atoms with Crippen LogP contribution in [0.4, 0.5) is 5.69 Å². The second-order valence-electron chi connectivity index (χ2n) is 6.90. The third kappa shape index (κ3) is 6.34. The molecule has 1 aromatic carbocycles. The summed E-state index contributed by atoms with van der Waals surface area (Å²) in [5.74, 6) is 4.15. The van der Waals surface area contributed by atoms with Gasteiger partial charge >= 0.3 is 5.91 Å². The van der Waals surface area contributed by atoms with Crippen LogP contribution in [0.5, 0.6) is 0 Å². The summed E-state index contributed by atoms with van der Waals surface area (Å²) in [6.07, 6.45) is 0.544. The first kappa shape index (κ1) is 21.9. The van der Waals surface area contributed by atoms with Gasteiger partial charge in [0.25, 0.3) is 12.7 Å². The molecule has 0 radical (unpaired) electrons. The molecule has 1 aromatic heterocycles. The number of anilines is 1. The molecule has 12 nitrogen and oxygen atoms in total. The Kier molecular flexibility index (Phi) is 7.36. The molecule has 0 saturated carbocycles. The Morgan fingerprint density at radius 3 is 2.55 bits per heavy atom. The number of nitrogens with one attached hydrogen (secondary N) is 2. The molecule has 0 aliphatic heterocycles. The Morgan fingerprint density at radius 1 is 1.28 bits per heavy atom. The first-order valence-corrected chi connectivity index (χ1v) is 8.56. The molecule has 0 bridgehead atoms. The van der Waals surface area contributed by atoms with E-state index in [1.165, 1.54) is 4.68 Å². The van der Waals surface area contributed by atoms with Crippen molar-refractivity contribution in [1.82, 2.24) is 20.3 Å². The van der Waals surface area contributed by atoms with Gasteiger partial charge in [-0.05, 0) is 24.3 Å². The van der Waals surface area contributed by atoms with E-state index in [0.717, 1.165) is 0 Å². The Balaban J connectivity index is 2.03. The second-order valence-corrected chi connectivity index (χ2v) is 6.90. The molecule has 1 heterocycles. The van der Waals surface area contributed by atoms with Crippen LogP contribution in [0, 0.1) is 0 Å². The van der Waals surface area contributed by atoms with E-state index in [0.29, 0.717) is 17.1 Å². The minimum Gasteiger partial charge on any atom is -0.430 e. The molecule has 156 valence electrons. The highest BCUT2D eigenvalue weighted by molar-refractivity contribution is 5.78. The van der Waals surface area contributed by atoms with Crippen molar-refractivity contribution in [3.8, 4) is 5.69 Å². The average Bonchev–Trinajstić information content (AvgIpc) is 3.14. The van der Waals surface area contributed by atoms with Gasteiger partial charge in [0.2, 0.25) is 5.91 Å². The van der Waals surface area contributed by atoms with Crippen LogP contribution in [0.3, 0.4) is 0 Å². The monoisotopic (exact) mass is 406 g/mol. The number of benzene rings is 1. The maximum atomic E-state index is 12.4. The maximum absolute atomic E-state index is 12.4. The topological polar surface area (TPSA) is 150 Å². The number of hydrogen-bond acceptors (Lipinski definition) is 9. The number of aromatic nitrogens is 3. The normalized spacial score (nSPS) is 12.1. The largest absolute Gasteiger partial charge is 0.430 e. The maximum Gasteiger partial charge on any atom is 0.375 e. The fourth-order valence-electron chi connectivity index (χ4n) is 2.24. The van der Waals surface area contributed by atoms with Crippen LogP contribution < -0.4 is 16.5 Å². The van der Waals surface area contributed by atoms with Crippen LogP contribution in [0.2, 0.25) is 0 Å². The molecule has 0 aliphatic rings. The van der Waals surface area contributed by atoms with Gasteiger partial charge in [0.1, 0.15) is 12.3 Å². The highest BCUT2D eigenvalue weighted by atomic mass is 16.6. The van der Waals surface area contributed by atoms with Gasteiger partial charge in [-0.2, -0.15) is 0 Å². The number of ether oxygens (including phenoxy) is 1. The summed E-state index contributed by atoms with van der Waals surface area (Å²) in [5, 5.41) is 13.4. The van der Waals surface area contributed by atoms with Crippen molar-refractivity contribution < 1.29 is 28.4 Å². The lowest BCUT2D eigenvalue weighted by Gasteiger charge is -2.25. The molecule has 0 fully saturated rings. The lowest BCUT2D eigenvalue weighted by Crippen LogP contribution is -2.51. The van der Waals surface area contributed by atoms with Crippen LogP contribution >= 0.6 is 0 Å². The molecule has 1 unspecified atom stereocenters. The molecule has 2 aromatic rings. The van der Waals surface area contributed by atoms with Crippen LogP contribution in [-0.4, -0.2) is 71.7 Å². The molecule has 1 atom stereocenters. The van der Waals surface area contributed by atoms with Crippen molar-refractivity contribution in [2.24, 2.45) is 5.90 Å². The summed E-state index contributed by atoms with van der Waals surface area (Å²) in [6, 6.07) is 6.91. The third-order valence-electron chi connectivity index (χ3n) is 3.73. The lowest BCUT2D eigenvalue weighted by molar-refractivity contribution is -0.793. The molecule has 2 rings (SSSR count). The highest BCUT2D eigenvalue weighted by Gasteiger charge is 2.32. The van der Waals surface area contributed by atoms with Crippen LogP contribution in [0.25, 0.3) is 5.69 Å². The molecule has 29 heavy (non-hydrogen) atoms. The highest BCUT2D eigenvalue weighted by Crippen LogP contribution is 2.15. The SMILES string of the molecule is C[N+](C)(C)C(=O)C(Nc1ccc(-n2cc(CNC(=O)CON)nn2)cc1)OC=O. The van der Waals surface area contributed by atoms with E-state index in [2.05, 4.69) is 25.8 Å². The Labute approximate surface area is 167 Å². The first-order chi connectivity index (χ1) is 13.7. The number of carbonyl (C=O) groups excluding carboxylic acids is 3. The Morgan fingerprint density at radius 2 is 1.97 bits per heavy atom. The second kappa shape index (κ2) is 9.73. The van der Waals surface area contributed by atoms with Crippen molar-refractivity contribution >= 4 is 24.0 Å². The number of likely N-dealkylation sites (N-methyl/N-ethyl adjacent to an activating group) is 1. The van der Waals surface area contributed by atoms with E-state index in [1.807, 2.05) is 0 Å². The molecule has 0 saturated heterocycles. The average molecular weight is 406 g/mol. The van der Waals surface area contributed by atoms with Gasteiger partial charge in [-0.25, -0.2) is 15.4 Å². The minimum atomic E-state index is -1.11. The third-order valence-corrected chi connectivity index (χ3v) is 3.73. The molecule has 0 aliphatic carbocycles. The fraction of sp³-hybridized carbons (Fsp3) is 0.353. The quantitative estimate of drug-likeness (QED) is 0.194. The van der Waals surface area contributed by atoms with Gasteiger partial charge in [0.15, 0.2) is 0 Å². The van der Waals surface area contributed by atoms with Crippen molar-refractivity contribution in [2.45, 2.75) is 12.8 Å². The molecule has 2 amide bonds. The van der Waals surface area contributed by atoms with Gasteiger partial charge in [0.05, 0.1) is 39.6 Å². The van der Waals surface area contributed by atoms with E-state index in [1.54, 1.807) is 51.6 Å². The minimum absolute atomic E-state index is 0.0146. The van der Waals surface area contributed by atoms with Crippen molar-refractivity contribution in [3.05, 3.63) is 36.2 Å².